The standard InChI is InChI=1S/C11H18N2O2S/c1-8-4-13-10(16-8)5-12-9-6-14-11(2,3)15-7-9/h4,9,12H,5-7H2,1-3H3. The maximum Gasteiger partial charge on any atom is 0.162 e. The van der Waals surface area contributed by atoms with Crippen LogP contribution in [0.25, 0.3) is 0 Å². The molecule has 1 aliphatic rings. The van der Waals surface area contributed by atoms with Gasteiger partial charge in [-0.2, -0.15) is 0 Å². The quantitative estimate of drug-likeness (QED) is 0.876. The number of thiazole rings is 1. The van der Waals surface area contributed by atoms with Gasteiger partial charge < -0.3 is 14.8 Å². The van der Waals surface area contributed by atoms with E-state index in [9.17, 15) is 0 Å². The Morgan fingerprint density at radius 1 is 1.50 bits per heavy atom. The summed E-state index contributed by atoms with van der Waals surface area (Å²) in [6, 6.07) is 0.261. The second kappa shape index (κ2) is 4.79. The van der Waals surface area contributed by atoms with Gasteiger partial charge in [-0.05, 0) is 20.8 Å². The molecule has 0 amide bonds. The van der Waals surface area contributed by atoms with Crippen molar-refractivity contribution in [2.24, 2.45) is 0 Å². The fourth-order valence-electron chi connectivity index (χ4n) is 1.52. The van der Waals surface area contributed by atoms with Crippen LogP contribution < -0.4 is 5.32 Å². The minimum Gasteiger partial charge on any atom is -0.349 e. The van der Waals surface area contributed by atoms with Crippen molar-refractivity contribution in [2.75, 3.05) is 13.2 Å². The van der Waals surface area contributed by atoms with Crippen LogP contribution in [0.15, 0.2) is 6.20 Å². The predicted molar refractivity (Wildman–Crippen MR) is 63.5 cm³/mol. The topological polar surface area (TPSA) is 43.4 Å². The van der Waals surface area contributed by atoms with Crippen LogP contribution in [-0.4, -0.2) is 30.0 Å². The van der Waals surface area contributed by atoms with Gasteiger partial charge in [0.25, 0.3) is 0 Å². The first-order valence-electron chi connectivity index (χ1n) is 5.48. The van der Waals surface area contributed by atoms with E-state index in [1.165, 1.54) is 4.88 Å². The number of nitrogens with zero attached hydrogens (tertiary/aromatic N) is 1. The first-order valence-corrected chi connectivity index (χ1v) is 6.29. The highest BCUT2D eigenvalue weighted by molar-refractivity contribution is 7.11. The Balaban J connectivity index is 1.75. The molecule has 5 heteroatoms. The average Bonchev–Trinajstić information content (AvgIpc) is 2.63. The SMILES string of the molecule is Cc1cnc(CNC2COC(C)(C)OC2)s1. The Kier molecular flexibility index (Phi) is 3.59. The van der Waals surface area contributed by atoms with Gasteiger partial charge in [-0.15, -0.1) is 11.3 Å². The third-order valence-electron chi connectivity index (χ3n) is 2.48. The van der Waals surface area contributed by atoms with E-state index in [1.807, 2.05) is 20.0 Å². The Morgan fingerprint density at radius 2 is 2.19 bits per heavy atom. The summed E-state index contributed by atoms with van der Waals surface area (Å²) in [5.41, 5.74) is 0. The molecular formula is C11H18N2O2S. The lowest BCUT2D eigenvalue weighted by atomic mass is 10.2. The molecule has 90 valence electrons. The maximum atomic E-state index is 5.57. The van der Waals surface area contributed by atoms with E-state index < -0.39 is 5.79 Å². The third kappa shape index (κ3) is 3.25. The molecule has 16 heavy (non-hydrogen) atoms. The lowest BCUT2D eigenvalue weighted by Gasteiger charge is -2.35. The van der Waals surface area contributed by atoms with Crippen LogP contribution in [-0.2, 0) is 16.0 Å². The van der Waals surface area contributed by atoms with E-state index in [0.717, 1.165) is 11.6 Å². The lowest BCUT2D eigenvalue weighted by Crippen LogP contribution is -2.48. The Labute approximate surface area is 100.0 Å². The molecule has 1 aromatic rings. The van der Waals surface area contributed by atoms with Crippen molar-refractivity contribution in [3.8, 4) is 0 Å². The van der Waals surface area contributed by atoms with Gasteiger partial charge in [0, 0.05) is 17.6 Å². The number of nitrogens with one attached hydrogen (secondary N) is 1. The van der Waals surface area contributed by atoms with E-state index in [1.54, 1.807) is 11.3 Å². The molecule has 0 atom stereocenters. The van der Waals surface area contributed by atoms with Crippen LogP contribution in [0, 0.1) is 6.92 Å². The molecule has 0 aliphatic carbocycles. The molecule has 0 unspecified atom stereocenters. The van der Waals surface area contributed by atoms with Gasteiger partial charge in [-0.3, -0.25) is 0 Å². The summed E-state index contributed by atoms with van der Waals surface area (Å²) in [6.45, 7) is 8.11. The van der Waals surface area contributed by atoms with E-state index in [4.69, 9.17) is 9.47 Å². The Morgan fingerprint density at radius 3 is 2.75 bits per heavy atom. The van der Waals surface area contributed by atoms with Crippen LogP contribution in [0.4, 0.5) is 0 Å². The van der Waals surface area contributed by atoms with Crippen molar-refractivity contribution in [1.82, 2.24) is 10.3 Å². The predicted octanol–water partition coefficient (Wildman–Crippen LogP) is 1.69. The van der Waals surface area contributed by atoms with Crippen LogP contribution in [0.5, 0.6) is 0 Å². The van der Waals surface area contributed by atoms with Gasteiger partial charge in [0.05, 0.1) is 19.3 Å². The van der Waals surface area contributed by atoms with Gasteiger partial charge in [0.2, 0.25) is 0 Å². The maximum absolute atomic E-state index is 5.57. The van der Waals surface area contributed by atoms with Crippen molar-refractivity contribution in [3.05, 3.63) is 16.1 Å². The molecule has 0 aromatic carbocycles. The first-order chi connectivity index (χ1) is 7.55. The van der Waals surface area contributed by atoms with Gasteiger partial charge in [-0.25, -0.2) is 4.98 Å². The highest BCUT2D eigenvalue weighted by Gasteiger charge is 2.27. The number of aryl methyl sites for hydroxylation is 1. The van der Waals surface area contributed by atoms with Gasteiger partial charge in [0.15, 0.2) is 5.79 Å². The van der Waals surface area contributed by atoms with E-state index in [2.05, 4.69) is 17.2 Å². The van der Waals surface area contributed by atoms with E-state index in [0.29, 0.717) is 13.2 Å². The molecule has 4 nitrogen and oxygen atoms in total. The van der Waals surface area contributed by atoms with Crippen molar-refractivity contribution in [2.45, 2.75) is 39.1 Å². The third-order valence-corrected chi connectivity index (χ3v) is 3.39. The lowest BCUT2D eigenvalue weighted by molar-refractivity contribution is -0.253. The van der Waals surface area contributed by atoms with Crippen LogP contribution in [0.3, 0.4) is 0 Å². The summed E-state index contributed by atoms with van der Waals surface area (Å²) in [5, 5.41) is 4.50. The summed E-state index contributed by atoms with van der Waals surface area (Å²) < 4.78 is 11.1. The van der Waals surface area contributed by atoms with Crippen LogP contribution >= 0.6 is 11.3 Å². The zero-order valence-corrected chi connectivity index (χ0v) is 10.8. The molecule has 0 spiro atoms. The molecule has 1 aliphatic heterocycles. The van der Waals surface area contributed by atoms with Crippen molar-refractivity contribution >= 4 is 11.3 Å². The van der Waals surface area contributed by atoms with Gasteiger partial charge in [-0.1, -0.05) is 0 Å². The molecule has 2 heterocycles. The van der Waals surface area contributed by atoms with Gasteiger partial charge in [0.1, 0.15) is 5.01 Å². The Hall–Kier alpha value is -0.490. The Bertz CT molecular complexity index is 342. The highest BCUT2D eigenvalue weighted by Crippen LogP contribution is 2.17. The van der Waals surface area contributed by atoms with E-state index >= 15 is 0 Å². The molecule has 1 saturated heterocycles. The zero-order valence-electron chi connectivity index (χ0n) is 9.95. The largest absolute Gasteiger partial charge is 0.349 e. The van der Waals surface area contributed by atoms with Crippen LogP contribution in [0.2, 0.25) is 0 Å². The summed E-state index contributed by atoms with van der Waals surface area (Å²) in [5.74, 6) is -0.435. The fraction of sp³-hybridized carbons (Fsp3) is 0.727. The normalized spacial score (nSPS) is 21.2. The number of rotatable bonds is 3. The molecule has 1 N–H and O–H groups in total. The summed E-state index contributed by atoms with van der Waals surface area (Å²) in [4.78, 5) is 5.55. The van der Waals surface area contributed by atoms with Crippen LogP contribution in [0.1, 0.15) is 23.7 Å². The van der Waals surface area contributed by atoms with Crippen molar-refractivity contribution in [1.29, 1.82) is 0 Å². The number of hydrogen-bond acceptors (Lipinski definition) is 5. The molecule has 0 saturated carbocycles. The monoisotopic (exact) mass is 242 g/mol. The number of hydrogen-bond donors (Lipinski definition) is 1. The zero-order chi connectivity index (χ0) is 11.6. The minimum absolute atomic E-state index is 0.261. The second-order valence-electron chi connectivity index (χ2n) is 4.46. The summed E-state index contributed by atoms with van der Waals surface area (Å²) >= 11 is 1.72. The number of aromatic nitrogens is 1. The summed E-state index contributed by atoms with van der Waals surface area (Å²) in [6.07, 6.45) is 1.90. The minimum atomic E-state index is -0.435. The molecular weight excluding hydrogens is 224 g/mol. The molecule has 1 fully saturated rings. The van der Waals surface area contributed by atoms with Gasteiger partial charge >= 0.3 is 0 Å². The number of ether oxygens (including phenoxy) is 2. The van der Waals surface area contributed by atoms with Crippen molar-refractivity contribution < 1.29 is 9.47 Å². The molecule has 1 aromatic heterocycles. The molecule has 0 radical (unpaired) electrons. The smallest absolute Gasteiger partial charge is 0.162 e. The second-order valence-corrected chi connectivity index (χ2v) is 5.78. The molecule has 2 rings (SSSR count). The summed E-state index contributed by atoms with van der Waals surface area (Å²) in [7, 11) is 0. The van der Waals surface area contributed by atoms with Crippen molar-refractivity contribution in [3.63, 3.8) is 0 Å². The highest BCUT2D eigenvalue weighted by atomic mass is 32.1. The fourth-order valence-corrected chi connectivity index (χ4v) is 2.26. The molecule has 0 bridgehead atoms. The first kappa shape index (κ1) is 12.0. The average molecular weight is 242 g/mol. The van der Waals surface area contributed by atoms with E-state index in [-0.39, 0.29) is 6.04 Å².